The van der Waals surface area contributed by atoms with E-state index in [1.54, 1.807) is 0 Å². The molecule has 1 atom stereocenters. The average molecular weight is 257 g/mol. The molecule has 0 aliphatic carbocycles. The highest BCUT2D eigenvalue weighted by molar-refractivity contribution is 6.32. The summed E-state index contributed by atoms with van der Waals surface area (Å²) in [5.74, 6) is 0.824. The minimum atomic E-state index is -0.110. The Bertz CT molecular complexity index is 410. The van der Waals surface area contributed by atoms with Crippen LogP contribution < -0.4 is 11.1 Å². The normalized spacial score (nSPS) is 23.4. The summed E-state index contributed by atoms with van der Waals surface area (Å²) in [4.78, 5) is 7.93. The smallest absolute Gasteiger partial charge is 0.222 e. The van der Waals surface area contributed by atoms with E-state index in [1.165, 1.54) is 6.20 Å². The number of hydrogen-bond donors (Lipinski definition) is 2. The van der Waals surface area contributed by atoms with Gasteiger partial charge in [0.05, 0.1) is 11.8 Å². The van der Waals surface area contributed by atoms with Gasteiger partial charge in [-0.05, 0) is 26.7 Å². The zero-order chi connectivity index (χ0) is 12.5. The summed E-state index contributed by atoms with van der Waals surface area (Å²) >= 11 is 6.01. The number of nitrogens with two attached hydrogens (primary N) is 1. The third kappa shape index (κ3) is 3.20. The molecule has 0 radical (unpaired) electrons. The van der Waals surface area contributed by atoms with Crippen molar-refractivity contribution in [2.75, 3.05) is 17.7 Å². The molecule has 2 heterocycles. The second-order valence-electron chi connectivity index (χ2n) is 4.87. The second-order valence-corrected chi connectivity index (χ2v) is 5.27. The summed E-state index contributed by atoms with van der Waals surface area (Å²) in [6, 6.07) is 0.297. The summed E-state index contributed by atoms with van der Waals surface area (Å²) in [5, 5.41) is 3.79. The monoisotopic (exact) mass is 256 g/mol. The van der Waals surface area contributed by atoms with Gasteiger partial charge < -0.3 is 15.8 Å². The molecule has 17 heavy (non-hydrogen) atoms. The molecule has 1 aliphatic heterocycles. The molecule has 3 N–H and O–H groups in total. The van der Waals surface area contributed by atoms with E-state index in [2.05, 4.69) is 29.1 Å². The molecule has 6 heteroatoms. The number of hydrogen-bond acceptors (Lipinski definition) is 5. The Hall–Kier alpha value is -1.07. The van der Waals surface area contributed by atoms with Crippen LogP contribution in [0.2, 0.25) is 5.02 Å². The van der Waals surface area contributed by atoms with Gasteiger partial charge >= 0.3 is 0 Å². The first-order valence-corrected chi connectivity index (χ1v) is 6.02. The molecule has 1 unspecified atom stereocenters. The number of anilines is 2. The molecule has 1 fully saturated rings. The van der Waals surface area contributed by atoms with E-state index in [0.29, 0.717) is 16.9 Å². The van der Waals surface area contributed by atoms with Crippen LogP contribution in [0.15, 0.2) is 6.20 Å². The van der Waals surface area contributed by atoms with E-state index in [0.717, 1.165) is 19.4 Å². The van der Waals surface area contributed by atoms with Crippen molar-refractivity contribution in [3.63, 3.8) is 0 Å². The summed E-state index contributed by atoms with van der Waals surface area (Å²) in [5.41, 5.74) is 5.43. The Morgan fingerprint density at radius 2 is 2.35 bits per heavy atom. The van der Waals surface area contributed by atoms with Crippen LogP contribution in [0.3, 0.4) is 0 Å². The first kappa shape index (κ1) is 12.4. The highest BCUT2D eigenvalue weighted by atomic mass is 35.5. The fourth-order valence-electron chi connectivity index (χ4n) is 2.03. The maximum absolute atomic E-state index is 6.01. The number of nitrogen functional groups attached to an aromatic ring is 1. The van der Waals surface area contributed by atoms with Gasteiger partial charge in [-0.1, -0.05) is 11.6 Å². The maximum Gasteiger partial charge on any atom is 0.222 e. The predicted octanol–water partition coefficient (Wildman–Crippen LogP) is 2.08. The lowest BCUT2D eigenvalue weighted by atomic mass is 9.94. The quantitative estimate of drug-likeness (QED) is 0.848. The van der Waals surface area contributed by atoms with Crippen LogP contribution in [-0.2, 0) is 4.74 Å². The SMILES string of the molecule is CC1(C)CC(Nc2nc(N)ncc2Cl)CCO1. The number of nitrogens with one attached hydrogen (secondary N) is 1. The molecule has 2 rings (SSSR count). The van der Waals surface area contributed by atoms with Gasteiger partial charge in [0.2, 0.25) is 5.95 Å². The van der Waals surface area contributed by atoms with Crippen molar-refractivity contribution in [1.82, 2.24) is 9.97 Å². The molecular weight excluding hydrogens is 240 g/mol. The third-order valence-corrected chi connectivity index (χ3v) is 3.08. The van der Waals surface area contributed by atoms with Crippen molar-refractivity contribution in [3.05, 3.63) is 11.2 Å². The molecule has 1 aromatic rings. The van der Waals surface area contributed by atoms with Gasteiger partial charge in [-0.25, -0.2) is 4.98 Å². The fraction of sp³-hybridized carbons (Fsp3) is 0.636. The fourth-order valence-corrected chi connectivity index (χ4v) is 2.18. The van der Waals surface area contributed by atoms with Gasteiger partial charge in [0.15, 0.2) is 5.82 Å². The number of rotatable bonds is 2. The van der Waals surface area contributed by atoms with Gasteiger partial charge in [-0.15, -0.1) is 0 Å². The van der Waals surface area contributed by atoms with E-state index >= 15 is 0 Å². The number of ether oxygens (including phenoxy) is 1. The standard InChI is InChI=1S/C11H17ClN4O/c1-11(2)5-7(3-4-17-11)15-9-8(12)6-14-10(13)16-9/h6-7H,3-5H2,1-2H3,(H3,13,14,15,16). The molecule has 1 aliphatic rings. The van der Waals surface area contributed by atoms with Crippen molar-refractivity contribution in [1.29, 1.82) is 0 Å². The highest BCUT2D eigenvalue weighted by Gasteiger charge is 2.29. The molecule has 0 spiro atoms. The first-order chi connectivity index (χ1) is 7.96. The predicted molar refractivity (Wildman–Crippen MR) is 68.1 cm³/mol. The van der Waals surface area contributed by atoms with Gasteiger partial charge in [0.1, 0.15) is 5.02 Å². The molecule has 0 bridgehead atoms. The summed E-state index contributed by atoms with van der Waals surface area (Å²) in [6.45, 7) is 4.90. The topological polar surface area (TPSA) is 73.1 Å². The molecule has 5 nitrogen and oxygen atoms in total. The molecule has 0 amide bonds. The zero-order valence-corrected chi connectivity index (χ0v) is 10.8. The Morgan fingerprint density at radius 1 is 1.59 bits per heavy atom. The van der Waals surface area contributed by atoms with Crippen molar-refractivity contribution in [2.45, 2.75) is 38.3 Å². The largest absolute Gasteiger partial charge is 0.375 e. The van der Waals surface area contributed by atoms with Crippen LogP contribution in [-0.4, -0.2) is 28.2 Å². The Labute approximate surface area is 106 Å². The minimum absolute atomic E-state index is 0.110. The minimum Gasteiger partial charge on any atom is -0.375 e. The van der Waals surface area contributed by atoms with E-state index in [4.69, 9.17) is 22.1 Å². The van der Waals surface area contributed by atoms with Crippen LogP contribution in [0.5, 0.6) is 0 Å². The van der Waals surface area contributed by atoms with Crippen molar-refractivity contribution in [2.24, 2.45) is 0 Å². The Morgan fingerprint density at radius 3 is 3.06 bits per heavy atom. The molecule has 0 aromatic carbocycles. The van der Waals surface area contributed by atoms with E-state index in [-0.39, 0.29) is 11.5 Å². The maximum atomic E-state index is 6.01. The van der Waals surface area contributed by atoms with Crippen LogP contribution in [0.25, 0.3) is 0 Å². The van der Waals surface area contributed by atoms with Crippen molar-refractivity contribution in [3.8, 4) is 0 Å². The Kier molecular flexibility index (Phi) is 3.40. The van der Waals surface area contributed by atoms with E-state index < -0.39 is 0 Å². The lowest BCUT2D eigenvalue weighted by Gasteiger charge is -2.36. The van der Waals surface area contributed by atoms with Crippen LogP contribution in [0, 0.1) is 0 Å². The highest BCUT2D eigenvalue weighted by Crippen LogP contribution is 2.28. The van der Waals surface area contributed by atoms with Crippen LogP contribution in [0.1, 0.15) is 26.7 Å². The number of nitrogens with zero attached hydrogens (tertiary/aromatic N) is 2. The molecular formula is C11H17ClN4O. The zero-order valence-electron chi connectivity index (χ0n) is 10.0. The lowest BCUT2D eigenvalue weighted by Crippen LogP contribution is -2.40. The van der Waals surface area contributed by atoms with Gasteiger partial charge in [0, 0.05) is 12.6 Å². The van der Waals surface area contributed by atoms with E-state index in [9.17, 15) is 0 Å². The van der Waals surface area contributed by atoms with Gasteiger partial charge in [-0.2, -0.15) is 4.98 Å². The van der Waals surface area contributed by atoms with Crippen LogP contribution in [0.4, 0.5) is 11.8 Å². The van der Waals surface area contributed by atoms with Gasteiger partial charge in [0.25, 0.3) is 0 Å². The molecule has 1 saturated heterocycles. The van der Waals surface area contributed by atoms with Crippen LogP contribution >= 0.6 is 11.6 Å². The van der Waals surface area contributed by atoms with E-state index in [1.807, 2.05) is 0 Å². The molecule has 0 saturated carbocycles. The number of aromatic nitrogens is 2. The average Bonchev–Trinajstić information content (AvgIpc) is 2.22. The molecule has 1 aromatic heterocycles. The third-order valence-electron chi connectivity index (χ3n) is 2.80. The summed E-state index contributed by atoms with van der Waals surface area (Å²) in [7, 11) is 0. The van der Waals surface area contributed by atoms with Crippen molar-refractivity contribution < 1.29 is 4.74 Å². The Balaban J connectivity index is 2.07. The lowest BCUT2D eigenvalue weighted by molar-refractivity contribution is -0.0553. The second kappa shape index (κ2) is 4.66. The van der Waals surface area contributed by atoms with Crippen molar-refractivity contribution >= 4 is 23.4 Å². The molecule has 94 valence electrons. The number of halogens is 1. The summed E-state index contributed by atoms with van der Waals surface area (Å²) < 4.78 is 5.66. The van der Waals surface area contributed by atoms with Gasteiger partial charge in [-0.3, -0.25) is 0 Å². The summed E-state index contributed by atoms with van der Waals surface area (Å²) in [6.07, 6.45) is 3.35. The first-order valence-electron chi connectivity index (χ1n) is 5.65.